The number of pyridine rings is 1. The second kappa shape index (κ2) is 6.37. The van der Waals surface area contributed by atoms with E-state index < -0.39 is 0 Å². The fourth-order valence-corrected chi connectivity index (χ4v) is 3.34. The van der Waals surface area contributed by atoms with Gasteiger partial charge in [0, 0.05) is 31.0 Å². The van der Waals surface area contributed by atoms with Gasteiger partial charge in [-0.3, -0.25) is 9.88 Å². The van der Waals surface area contributed by atoms with Crippen molar-refractivity contribution >= 4 is 0 Å². The minimum Gasteiger partial charge on any atom is -0.329 e. The first-order chi connectivity index (χ1) is 10.3. The zero-order valence-corrected chi connectivity index (χ0v) is 12.6. The lowest BCUT2D eigenvalue weighted by Gasteiger charge is -2.33. The molecule has 2 aromatic rings. The number of nitrogens with zero attached hydrogens (tertiary/aromatic N) is 2. The highest BCUT2D eigenvalue weighted by atomic mass is 15.2. The summed E-state index contributed by atoms with van der Waals surface area (Å²) in [5.41, 5.74) is 10.0. The number of benzene rings is 1. The highest BCUT2D eigenvalue weighted by Gasteiger charge is 2.31. The summed E-state index contributed by atoms with van der Waals surface area (Å²) < 4.78 is 0. The fourth-order valence-electron chi connectivity index (χ4n) is 3.34. The summed E-state index contributed by atoms with van der Waals surface area (Å²) in [6.07, 6.45) is 6.24. The second-order valence-electron chi connectivity index (χ2n) is 5.84. The van der Waals surface area contributed by atoms with E-state index in [9.17, 15) is 0 Å². The molecule has 2 heterocycles. The van der Waals surface area contributed by atoms with Gasteiger partial charge in [0.1, 0.15) is 0 Å². The van der Waals surface area contributed by atoms with E-state index in [-0.39, 0.29) is 0 Å². The van der Waals surface area contributed by atoms with Gasteiger partial charge in [-0.2, -0.15) is 0 Å². The van der Waals surface area contributed by atoms with Gasteiger partial charge in [-0.1, -0.05) is 35.9 Å². The van der Waals surface area contributed by atoms with Crippen LogP contribution in [-0.2, 0) is 0 Å². The van der Waals surface area contributed by atoms with Crippen LogP contribution < -0.4 is 5.73 Å². The maximum atomic E-state index is 6.11. The Morgan fingerprint density at radius 2 is 2.10 bits per heavy atom. The van der Waals surface area contributed by atoms with Gasteiger partial charge >= 0.3 is 0 Å². The van der Waals surface area contributed by atoms with E-state index in [1.807, 2.05) is 18.5 Å². The average molecular weight is 281 g/mol. The highest BCUT2D eigenvalue weighted by Crippen LogP contribution is 2.37. The van der Waals surface area contributed by atoms with Crippen LogP contribution in [0.15, 0.2) is 48.8 Å². The van der Waals surface area contributed by atoms with Gasteiger partial charge in [-0.05, 0) is 43.5 Å². The first kappa shape index (κ1) is 14.2. The van der Waals surface area contributed by atoms with Crippen LogP contribution >= 0.6 is 0 Å². The molecule has 0 spiro atoms. The molecule has 3 nitrogen and oxygen atoms in total. The van der Waals surface area contributed by atoms with E-state index in [1.54, 1.807) is 0 Å². The SMILES string of the molecule is Cc1ccc(C(CN)N2CCCC2c2cccnc2)cc1. The van der Waals surface area contributed by atoms with Crippen LogP contribution in [0.25, 0.3) is 0 Å². The predicted molar refractivity (Wildman–Crippen MR) is 85.9 cm³/mol. The van der Waals surface area contributed by atoms with Crippen molar-refractivity contribution in [3.63, 3.8) is 0 Å². The standard InChI is InChI=1S/C18H23N3/c1-14-6-8-15(9-7-14)18(12-19)21-11-3-5-17(21)16-4-2-10-20-13-16/h2,4,6-10,13,17-18H,3,5,11-12,19H2,1H3. The molecule has 0 amide bonds. The molecule has 110 valence electrons. The second-order valence-corrected chi connectivity index (χ2v) is 5.84. The maximum Gasteiger partial charge on any atom is 0.0476 e. The molecule has 1 fully saturated rings. The van der Waals surface area contributed by atoms with Gasteiger partial charge < -0.3 is 5.73 Å². The van der Waals surface area contributed by atoms with E-state index in [0.717, 1.165) is 6.54 Å². The van der Waals surface area contributed by atoms with E-state index >= 15 is 0 Å². The highest BCUT2D eigenvalue weighted by molar-refractivity contribution is 5.26. The third kappa shape index (κ3) is 2.99. The van der Waals surface area contributed by atoms with E-state index in [0.29, 0.717) is 18.6 Å². The molecular formula is C18H23N3. The van der Waals surface area contributed by atoms with Crippen LogP contribution in [-0.4, -0.2) is 23.0 Å². The lowest BCUT2D eigenvalue weighted by atomic mass is 10.0. The lowest BCUT2D eigenvalue weighted by molar-refractivity contribution is 0.185. The van der Waals surface area contributed by atoms with Gasteiger partial charge in [0.2, 0.25) is 0 Å². The number of hydrogen-bond donors (Lipinski definition) is 1. The Bertz CT molecular complexity index is 565. The number of aryl methyl sites for hydroxylation is 1. The molecule has 0 aliphatic carbocycles. The molecule has 1 aliphatic heterocycles. The van der Waals surface area contributed by atoms with E-state index in [2.05, 4.69) is 47.1 Å². The van der Waals surface area contributed by atoms with Gasteiger partial charge in [0.15, 0.2) is 0 Å². The zero-order chi connectivity index (χ0) is 14.7. The number of aromatic nitrogens is 1. The number of nitrogens with two attached hydrogens (primary N) is 1. The summed E-state index contributed by atoms with van der Waals surface area (Å²) in [5.74, 6) is 0. The lowest BCUT2D eigenvalue weighted by Crippen LogP contribution is -2.33. The molecule has 0 radical (unpaired) electrons. The van der Waals surface area contributed by atoms with Crippen molar-refractivity contribution in [2.45, 2.75) is 31.8 Å². The molecule has 3 heteroatoms. The number of rotatable bonds is 4. The monoisotopic (exact) mass is 281 g/mol. The van der Waals surface area contributed by atoms with E-state index in [1.165, 1.54) is 29.5 Å². The minimum atomic E-state index is 0.290. The van der Waals surface area contributed by atoms with Crippen molar-refractivity contribution < 1.29 is 0 Å². The normalized spacial score (nSPS) is 20.6. The van der Waals surface area contributed by atoms with Crippen LogP contribution in [0.3, 0.4) is 0 Å². The average Bonchev–Trinajstić information content (AvgIpc) is 3.00. The van der Waals surface area contributed by atoms with Crippen LogP contribution in [0, 0.1) is 6.92 Å². The molecule has 0 bridgehead atoms. The molecule has 1 saturated heterocycles. The van der Waals surface area contributed by atoms with Crippen molar-refractivity contribution in [1.82, 2.24) is 9.88 Å². The van der Waals surface area contributed by atoms with Crippen LogP contribution in [0.5, 0.6) is 0 Å². The minimum absolute atomic E-state index is 0.290. The molecule has 2 atom stereocenters. The molecule has 1 aromatic carbocycles. The predicted octanol–water partition coefficient (Wildman–Crippen LogP) is 3.23. The fraction of sp³-hybridized carbons (Fsp3) is 0.389. The van der Waals surface area contributed by atoms with Crippen molar-refractivity contribution in [3.05, 3.63) is 65.5 Å². The molecule has 3 rings (SSSR count). The van der Waals surface area contributed by atoms with Crippen molar-refractivity contribution in [2.24, 2.45) is 5.73 Å². The van der Waals surface area contributed by atoms with E-state index in [4.69, 9.17) is 5.73 Å². The van der Waals surface area contributed by atoms with Gasteiger partial charge in [-0.25, -0.2) is 0 Å². The third-order valence-electron chi connectivity index (χ3n) is 4.45. The molecule has 0 saturated carbocycles. The van der Waals surface area contributed by atoms with Gasteiger partial charge in [0.05, 0.1) is 0 Å². The maximum absolute atomic E-state index is 6.11. The topological polar surface area (TPSA) is 42.1 Å². The summed E-state index contributed by atoms with van der Waals surface area (Å²) >= 11 is 0. The smallest absolute Gasteiger partial charge is 0.0476 e. The quantitative estimate of drug-likeness (QED) is 0.935. The summed E-state index contributed by atoms with van der Waals surface area (Å²) in [6.45, 7) is 3.88. The summed E-state index contributed by atoms with van der Waals surface area (Å²) in [4.78, 5) is 6.82. The Kier molecular flexibility index (Phi) is 4.32. The Balaban J connectivity index is 1.87. The molecule has 2 unspecified atom stereocenters. The summed E-state index contributed by atoms with van der Waals surface area (Å²) in [6, 6.07) is 13.7. The molecule has 1 aliphatic rings. The molecule has 2 N–H and O–H groups in total. The summed E-state index contributed by atoms with van der Waals surface area (Å²) in [5, 5.41) is 0. The largest absolute Gasteiger partial charge is 0.329 e. The Labute approximate surface area is 126 Å². The van der Waals surface area contributed by atoms with Crippen LogP contribution in [0.1, 0.15) is 41.6 Å². The number of likely N-dealkylation sites (tertiary alicyclic amines) is 1. The molecular weight excluding hydrogens is 258 g/mol. The Morgan fingerprint density at radius 3 is 2.76 bits per heavy atom. The third-order valence-corrected chi connectivity index (χ3v) is 4.45. The van der Waals surface area contributed by atoms with Crippen molar-refractivity contribution in [3.8, 4) is 0 Å². The van der Waals surface area contributed by atoms with Crippen molar-refractivity contribution in [2.75, 3.05) is 13.1 Å². The van der Waals surface area contributed by atoms with Crippen LogP contribution in [0.4, 0.5) is 0 Å². The summed E-state index contributed by atoms with van der Waals surface area (Å²) in [7, 11) is 0. The zero-order valence-electron chi connectivity index (χ0n) is 12.6. The Morgan fingerprint density at radius 1 is 1.29 bits per heavy atom. The molecule has 21 heavy (non-hydrogen) atoms. The Hall–Kier alpha value is -1.71. The molecule has 1 aromatic heterocycles. The number of hydrogen-bond acceptors (Lipinski definition) is 3. The first-order valence-corrected chi connectivity index (χ1v) is 7.72. The van der Waals surface area contributed by atoms with Crippen LogP contribution in [0.2, 0.25) is 0 Å². The first-order valence-electron chi connectivity index (χ1n) is 7.72. The van der Waals surface area contributed by atoms with Gasteiger partial charge in [0.25, 0.3) is 0 Å². The van der Waals surface area contributed by atoms with Crippen molar-refractivity contribution in [1.29, 1.82) is 0 Å². The van der Waals surface area contributed by atoms with Gasteiger partial charge in [-0.15, -0.1) is 0 Å².